The summed E-state index contributed by atoms with van der Waals surface area (Å²) in [5.41, 5.74) is 4.01. The second kappa shape index (κ2) is 4.55. The lowest BCUT2D eigenvalue weighted by Crippen LogP contribution is -1.88. The van der Waals surface area contributed by atoms with Gasteiger partial charge in [-0.3, -0.25) is 0 Å². The van der Waals surface area contributed by atoms with Crippen LogP contribution in [0, 0.1) is 13.8 Å². The van der Waals surface area contributed by atoms with E-state index in [-0.39, 0.29) is 0 Å². The Kier molecular flexibility index (Phi) is 2.87. The van der Waals surface area contributed by atoms with E-state index in [1.807, 2.05) is 0 Å². The van der Waals surface area contributed by atoms with Crippen molar-refractivity contribution in [3.05, 3.63) is 65.2 Å². The summed E-state index contributed by atoms with van der Waals surface area (Å²) in [5.74, 6) is 0. The van der Waals surface area contributed by atoms with E-state index in [0.717, 1.165) is 0 Å². The average Bonchev–Trinajstić information content (AvgIpc) is 2.40. The molecule has 0 nitrogen and oxygen atoms in total. The van der Waals surface area contributed by atoms with Crippen molar-refractivity contribution in [1.29, 1.82) is 0 Å². The number of fused-ring (bicyclic) bond motifs is 3. The molecule has 0 aliphatic rings. The highest BCUT2D eigenvalue weighted by atomic mass is 14.1. The van der Waals surface area contributed by atoms with Crippen LogP contribution < -0.4 is 0 Å². The molecule has 0 N–H and O–H groups in total. The third-order valence-electron chi connectivity index (χ3n) is 3.79. The molecule has 0 heteroatoms. The van der Waals surface area contributed by atoms with Gasteiger partial charge < -0.3 is 0 Å². The van der Waals surface area contributed by atoms with Crippen LogP contribution in [0.1, 0.15) is 23.6 Å². The first-order chi connectivity index (χ1) is 9.22. The van der Waals surface area contributed by atoms with Gasteiger partial charge >= 0.3 is 0 Å². The summed E-state index contributed by atoms with van der Waals surface area (Å²) in [6.07, 6.45) is 4.31. The van der Waals surface area contributed by atoms with Gasteiger partial charge in [0.15, 0.2) is 0 Å². The minimum absolute atomic E-state index is 1.30. The maximum absolute atomic E-state index is 2.30. The standard InChI is InChI=1S/C19H18/c1-4-7-15-9-6-10-16-12-14(3)17-11-5-8-13(2)18(17)19(15)16/h4-12H,1-3H3/b7-4+. The minimum Gasteiger partial charge on any atom is -0.0870 e. The predicted octanol–water partition coefficient (Wildman–Crippen LogP) is 5.64. The zero-order valence-corrected chi connectivity index (χ0v) is 11.7. The third kappa shape index (κ3) is 1.84. The zero-order valence-electron chi connectivity index (χ0n) is 11.7. The van der Waals surface area contributed by atoms with Crippen LogP contribution in [0.4, 0.5) is 0 Å². The maximum Gasteiger partial charge on any atom is -0.00301 e. The lowest BCUT2D eigenvalue weighted by molar-refractivity contribution is 1.50. The third-order valence-corrected chi connectivity index (χ3v) is 3.79. The summed E-state index contributed by atoms with van der Waals surface area (Å²) in [6, 6.07) is 15.4. The summed E-state index contributed by atoms with van der Waals surface area (Å²) in [6.45, 7) is 6.47. The van der Waals surface area contributed by atoms with Gasteiger partial charge in [0, 0.05) is 0 Å². The molecule has 0 amide bonds. The first-order valence-electron chi connectivity index (χ1n) is 6.76. The molecular weight excluding hydrogens is 228 g/mol. The highest BCUT2D eigenvalue weighted by molar-refractivity contribution is 6.13. The molecule has 3 rings (SSSR count). The topological polar surface area (TPSA) is 0 Å². The highest BCUT2D eigenvalue weighted by Crippen LogP contribution is 2.33. The van der Waals surface area contributed by atoms with Gasteiger partial charge in [-0.1, -0.05) is 54.6 Å². The van der Waals surface area contributed by atoms with Crippen LogP contribution in [0.15, 0.2) is 48.5 Å². The number of allylic oxidation sites excluding steroid dienone is 1. The van der Waals surface area contributed by atoms with Gasteiger partial charge in [0.05, 0.1) is 0 Å². The van der Waals surface area contributed by atoms with Gasteiger partial charge in [0.1, 0.15) is 0 Å². The first kappa shape index (κ1) is 12.0. The van der Waals surface area contributed by atoms with Crippen LogP contribution in [0.2, 0.25) is 0 Å². The molecule has 0 spiro atoms. The van der Waals surface area contributed by atoms with Crippen LogP contribution in [-0.4, -0.2) is 0 Å². The van der Waals surface area contributed by atoms with E-state index >= 15 is 0 Å². The molecule has 0 aliphatic heterocycles. The molecule has 0 aromatic heterocycles. The fourth-order valence-electron chi connectivity index (χ4n) is 2.96. The van der Waals surface area contributed by atoms with Crippen molar-refractivity contribution < 1.29 is 0 Å². The molecule has 0 bridgehead atoms. The largest absolute Gasteiger partial charge is 0.0870 e. The van der Waals surface area contributed by atoms with Crippen molar-refractivity contribution >= 4 is 27.6 Å². The smallest absolute Gasteiger partial charge is 0.00301 e. The van der Waals surface area contributed by atoms with E-state index in [4.69, 9.17) is 0 Å². The maximum atomic E-state index is 2.30. The van der Waals surface area contributed by atoms with Gasteiger partial charge in [0.25, 0.3) is 0 Å². The van der Waals surface area contributed by atoms with Crippen LogP contribution >= 0.6 is 0 Å². The molecule has 0 atom stereocenters. The Bertz CT molecular complexity index is 792. The van der Waals surface area contributed by atoms with Crippen LogP contribution in [0.25, 0.3) is 27.6 Å². The average molecular weight is 246 g/mol. The molecule has 3 aromatic rings. The van der Waals surface area contributed by atoms with E-state index in [0.29, 0.717) is 0 Å². The van der Waals surface area contributed by atoms with E-state index in [1.165, 1.54) is 38.2 Å². The normalized spacial score (nSPS) is 11.7. The van der Waals surface area contributed by atoms with Gasteiger partial charge in [-0.05, 0) is 59.0 Å². The Hall–Kier alpha value is -2.08. The monoisotopic (exact) mass is 246 g/mol. The van der Waals surface area contributed by atoms with E-state index in [9.17, 15) is 0 Å². The summed E-state index contributed by atoms with van der Waals surface area (Å²) in [5, 5.41) is 5.46. The molecule has 0 saturated heterocycles. The van der Waals surface area contributed by atoms with Crippen molar-refractivity contribution in [1.82, 2.24) is 0 Å². The lowest BCUT2D eigenvalue weighted by atomic mass is 9.92. The SMILES string of the molecule is C/C=C/c1cccc2cc(C)c3cccc(C)c3c12. The van der Waals surface area contributed by atoms with Crippen LogP contribution in [0.5, 0.6) is 0 Å². The molecule has 0 aliphatic carbocycles. The number of rotatable bonds is 1. The number of aryl methyl sites for hydroxylation is 2. The molecule has 94 valence electrons. The van der Waals surface area contributed by atoms with Crippen molar-refractivity contribution in [2.45, 2.75) is 20.8 Å². The summed E-state index contributed by atoms with van der Waals surface area (Å²) in [4.78, 5) is 0. The van der Waals surface area contributed by atoms with Crippen LogP contribution in [0.3, 0.4) is 0 Å². The van der Waals surface area contributed by atoms with Crippen molar-refractivity contribution in [3.8, 4) is 0 Å². The van der Waals surface area contributed by atoms with Crippen molar-refractivity contribution in [2.75, 3.05) is 0 Å². The minimum atomic E-state index is 1.30. The zero-order chi connectivity index (χ0) is 13.4. The molecule has 19 heavy (non-hydrogen) atoms. The molecular formula is C19H18. The fraction of sp³-hybridized carbons (Fsp3) is 0.158. The number of benzene rings is 3. The Balaban J connectivity index is 2.63. The number of hydrogen-bond donors (Lipinski definition) is 0. The van der Waals surface area contributed by atoms with Crippen molar-refractivity contribution in [2.24, 2.45) is 0 Å². The summed E-state index contributed by atoms with van der Waals surface area (Å²) >= 11 is 0. The highest BCUT2D eigenvalue weighted by Gasteiger charge is 2.08. The second-order valence-corrected chi connectivity index (χ2v) is 5.14. The Morgan fingerprint density at radius 2 is 1.63 bits per heavy atom. The molecule has 0 heterocycles. The van der Waals surface area contributed by atoms with Gasteiger partial charge in [-0.2, -0.15) is 0 Å². The molecule has 0 unspecified atom stereocenters. The van der Waals surface area contributed by atoms with Gasteiger partial charge in [0.2, 0.25) is 0 Å². The molecule has 0 radical (unpaired) electrons. The quantitative estimate of drug-likeness (QED) is 0.487. The number of hydrogen-bond acceptors (Lipinski definition) is 0. The second-order valence-electron chi connectivity index (χ2n) is 5.14. The summed E-state index contributed by atoms with van der Waals surface area (Å²) in [7, 11) is 0. The molecule has 3 aromatic carbocycles. The van der Waals surface area contributed by atoms with Gasteiger partial charge in [-0.25, -0.2) is 0 Å². The fourth-order valence-corrected chi connectivity index (χ4v) is 2.96. The lowest BCUT2D eigenvalue weighted by Gasteiger charge is -2.12. The Morgan fingerprint density at radius 1 is 0.842 bits per heavy atom. The van der Waals surface area contributed by atoms with E-state index in [1.54, 1.807) is 0 Å². The van der Waals surface area contributed by atoms with Gasteiger partial charge in [-0.15, -0.1) is 0 Å². The molecule has 0 saturated carbocycles. The molecule has 0 fully saturated rings. The first-order valence-corrected chi connectivity index (χ1v) is 6.76. The van der Waals surface area contributed by atoms with E-state index in [2.05, 4.69) is 75.4 Å². The van der Waals surface area contributed by atoms with E-state index < -0.39 is 0 Å². The Labute approximate surface area is 114 Å². The predicted molar refractivity (Wildman–Crippen MR) is 85.6 cm³/mol. The summed E-state index contributed by atoms with van der Waals surface area (Å²) < 4.78 is 0. The van der Waals surface area contributed by atoms with Crippen LogP contribution in [-0.2, 0) is 0 Å². The van der Waals surface area contributed by atoms with Crippen molar-refractivity contribution in [3.63, 3.8) is 0 Å². The Morgan fingerprint density at radius 3 is 2.42 bits per heavy atom.